The molecule has 0 bridgehead atoms. The lowest BCUT2D eigenvalue weighted by molar-refractivity contribution is -0.154. The van der Waals surface area contributed by atoms with Crippen LogP contribution in [0.15, 0.2) is 36.5 Å². The Morgan fingerprint density at radius 3 is 2.39 bits per heavy atom. The van der Waals surface area contributed by atoms with Gasteiger partial charge in [-0.15, -0.1) is 0 Å². The maximum atomic E-state index is 13.4. The second-order valence-corrected chi connectivity index (χ2v) is 15.8. The predicted molar refractivity (Wildman–Crippen MR) is 178 cm³/mol. The second-order valence-electron chi connectivity index (χ2n) is 13.5. The summed E-state index contributed by atoms with van der Waals surface area (Å²) >= 11 is 0. The fraction of sp³-hybridized carbons (Fsp3) is 0.600. The Morgan fingerprint density at radius 1 is 1.02 bits per heavy atom. The monoisotopic (exact) mass is 652 g/mol. The van der Waals surface area contributed by atoms with Crippen LogP contribution >= 0.6 is 0 Å². The van der Waals surface area contributed by atoms with Gasteiger partial charge in [0.15, 0.2) is 0 Å². The van der Waals surface area contributed by atoms with Gasteiger partial charge in [-0.05, 0) is 81.4 Å². The number of rotatable bonds is 13. The van der Waals surface area contributed by atoms with E-state index in [4.69, 9.17) is 20.2 Å². The van der Waals surface area contributed by atoms with Gasteiger partial charge in [-0.2, -0.15) is 0 Å². The number of allylic oxidation sites excluding steroid dienone is 1. The second kappa shape index (κ2) is 15.1. The van der Waals surface area contributed by atoms with Crippen molar-refractivity contribution in [3.63, 3.8) is 0 Å². The molecule has 0 radical (unpaired) electrons. The van der Waals surface area contributed by atoms with Crippen LogP contribution in [-0.4, -0.2) is 66.9 Å². The third kappa shape index (κ3) is 8.73. The van der Waals surface area contributed by atoms with E-state index in [1.54, 1.807) is 6.20 Å². The summed E-state index contributed by atoms with van der Waals surface area (Å²) in [4.78, 5) is 35.0. The van der Waals surface area contributed by atoms with Gasteiger partial charge in [0.05, 0.1) is 18.1 Å². The highest BCUT2D eigenvalue weighted by Crippen LogP contribution is 2.40. The van der Waals surface area contributed by atoms with Crippen LogP contribution in [0.3, 0.4) is 0 Å². The van der Waals surface area contributed by atoms with E-state index in [-0.39, 0.29) is 47.5 Å². The number of aromatic nitrogens is 2. The number of hydrogen-bond donors (Lipinski definition) is 2. The summed E-state index contributed by atoms with van der Waals surface area (Å²) in [6, 6.07) is 7.46. The average Bonchev–Trinajstić information content (AvgIpc) is 3.48. The summed E-state index contributed by atoms with van der Waals surface area (Å²) in [6.07, 6.45) is 13.9. The molecule has 11 heteroatoms. The molecular weight excluding hydrogens is 604 g/mol. The zero-order valence-electron chi connectivity index (χ0n) is 27.2. The largest absolute Gasteiger partial charge is 0.493 e. The van der Waals surface area contributed by atoms with Gasteiger partial charge in [-0.25, -0.2) is 18.4 Å². The molecule has 5 rings (SSSR count). The Kier molecular flexibility index (Phi) is 11.1. The number of anilines is 1. The number of nitrogens with zero attached hydrogens (tertiary/aromatic N) is 2. The van der Waals surface area contributed by atoms with Gasteiger partial charge < -0.3 is 20.5 Å². The molecule has 0 spiro atoms. The summed E-state index contributed by atoms with van der Waals surface area (Å²) in [6.45, 7) is 4.15. The van der Waals surface area contributed by atoms with E-state index in [0.29, 0.717) is 24.8 Å². The average molecular weight is 653 g/mol. The summed E-state index contributed by atoms with van der Waals surface area (Å²) in [7, 11) is -3.01. The molecule has 0 amide bonds. The van der Waals surface area contributed by atoms with E-state index in [1.807, 2.05) is 38.1 Å². The standard InChI is InChI=1S/C35H48N4O6S/c1-22(2)32(36)34(41)45-26-14-10-24(11-15-26)33(40)23-8-12-25(13-9-23)38-35-37-19-18-30(39-35)28-16-17-29-27(28)6-4-7-31(29)44-20-5-21-46(3,42)43/h4,6-7,16-19,22-26,28,32H,5,8-15,20-21,36H2,1-3H3,(H,37,38,39)/t23?,24?,25?,26?,28?,32-/m1/s1. The van der Waals surface area contributed by atoms with E-state index < -0.39 is 15.9 Å². The topological polar surface area (TPSA) is 151 Å². The Labute approximate surface area is 272 Å². The highest BCUT2D eigenvalue weighted by atomic mass is 32.2. The van der Waals surface area contributed by atoms with Crippen LogP contribution in [0.25, 0.3) is 6.08 Å². The normalized spacial score (nSPS) is 25.1. The number of sulfone groups is 1. The van der Waals surface area contributed by atoms with Gasteiger partial charge in [-0.3, -0.25) is 9.59 Å². The molecule has 46 heavy (non-hydrogen) atoms. The SMILES string of the molecule is CC(C)[C@@H](N)C(=O)OC1CCC(C(=O)C2CCC(Nc3nccc(C4C=Cc5c(OCCCS(C)(=O)=O)cccc54)n3)CC2)CC1. The summed E-state index contributed by atoms with van der Waals surface area (Å²) in [5.74, 6) is 1.59. The van der Waals surface area contributed by atoms with E-state index in [2.05, 4.69) is 22.4 Å². The molecule has 3 aliphatic carbocycles. The number of nitrogens with one attached hydrogen (secondary N) is 1. The predicted octanol–water partition coefficient (Wildman–Crippen LogP) is 5.07. The van der Waals surface area contributed by atoms with E-state index in [0.717, 1.165) is 73.9 Å². The third-order valence-electron chi connectivity index (χ3n) is 9.62. The van der Waals surface area contributed by atoms with Crippen LogP contribution in [0.4, 0.5) is 5.95 Å². The summed E-state index contributed by atoms with van der Waals surface area (Å²) in [5, 5.41) is 3.52. The number of Topliss-reactive ketones (excluding diaryl/α,β-unsaturated/α-hetero) is 1. The van der Waals surface area contributed by atoms with Crippen molar-refractivity contribution in [2.24, 2.45) is 23.5 Å². The number of fused-ring (bicyclic) bond motifs is 1. The molecule has 250 valence electrons. The smallest absolute Gasteiger partial charge is 0.323 e. The third-order valence-corrected chi connectivity index (χ3v) is 10.6. The summed E-state index contributed by atoms with van der Waals surface area (Å²) in [5.41, 5.74) is 8.91. The number of esters is 1. The fourth-order valence-electron chi connectivity index (χ4n) is 6.83. The molecule has 0 saturated heterocycles. The van der Waals surface area contributed by atoms with E-state index in [1.165, 1.54) is 6.26 Å². The number of nitrogens with two attached hydrogens (primary N) is 1. The van der Waals surface area contributed by atoms with Crippen LogP contribution in [0.2, 0.25) is 0 Å². The Balaban J connectivity index is 1.09. The fourth-order valence-corrected chi connectivity index (χ4v) is 7.47. The number of carbonyl (C=O) groups is 2. The minimum atomic E-state index is -3.01. The number of hydrogen-bond acceptors (Lipinski definition) is 10. The highest BCUT2D eigenvalue weighted by molar-refractivity contribution is 7.90. The van der Waals surface area contributed by atoms with Crippen LogP contribution in [0, 0.1) is 17.8 Å². The zero-order valence-corrected chi connectivity index (χ0v) is 28.0. The van der Waals surface area contributed by atoms with E-state index >= 15 is 0 Å². The van der Waals surface area contributed by atoms with Gasteiger partial charge in [0, 0.05) is 41.8 Å². The maximum absolute atomic E-state index is 13.4. The molecule has 1 heterocycles. The van der Waals surface area contributed by atoms with Crippen molar-refractivity contribution in [1.82, 2.24) is 9.97 Å². The van der Waals surface area contributed by atoms with Crippen molar-refractivity contribution in [3.05, 3.63) is 53.4 Å². The number of ether oxygens (including phenoxy) is 2. The number of ketones is 1. The molecule has 3 aliphatic rings. The first-order valence-electron chi connectivity index (χ1n) is 16.7. The van der Waals surface area contributed by atoms with Gasteiger partial charge in [0.2, 0.25) is 5.95 Å². The Hall–Kier alpha value is -3.31. The van der Waals surface area contributed by atoms with Crippen LogP contribution in [0.5, 0.6) is 5.75 Å². The molecule has 10 nitrogen and oxygen atoms in total. The molecule has 1 aromatic heterocycles. The van der Waals surface area contributed by atoms with Crippen molar-refractivity contribution in [2.75, 3.05) is 23.9 Å². The van der Waals surface area contributed by atoms with Crippen molar-refractivity contribution in [1.29, 1.82) is 0 Å². The minimum Gasteiger partial charge on any atom is -0.493 e. The Bertz CT molecular complexity index is 1510. The first-order chi connectivity index (χ1) is 22.0. The molecule has 1 unspecified atom stereocenters. The van der Waals surface area contributed by atoms with Gasteiger partial charge in [0.25, 0.3) is 0 Å². The zero-order chi connectivity index (χ0) is 32.8. The molecule has 2 fully saturated rings. The molecule has 2 atom stereocenters. The lowest BCUT2D eigenvalue weighted by Gasteiger charge is -2.33. The first kappa shape index (κ1) is 34.0. The highest BCUT2D eigenvalue weighted by Gasteiger charge is 2.35. The molecule has 3 N–H and O–H groups in total. The molecule has 0 aliphatic heterocycles. The molecule has 1 aromatic carbocycles. The van der Waals surface area contributed by atoms with Gasteiger partial charge in [0.1, 0.15) is 33.5 Å². The Morgan fingerprint density at radius 2 is 1.72 bits per heavy atom. The van der Waals surface area contributed by atoms with Crippen LogP contribution < -0.4 is 15.8 Å². The lowest BCUT2D eigenvalue weighted by atomic mass is 9.75. The van der Waals surface area contributed by atoms with Crippen LogP contribution in [0.1, 0.15) is 94.4 Å². The molecule has 2 saturated carbocycles. The van der Waals surface area contributed by atoms with Crippen molar-refractivity contribution in [2.45, 2.75) is 95.7 Å². The van der Waals surface area contributed by atoms with Gasteiger partial charge in [-0.1, -0.05) is 38.1 Å². The quantitative estimate of drug-likeness (QED) is 0.222. The number of carbonyl (C=O) groups excluding carboxylic acids is 2. The van der Waals surface area contributed by atoms with Crippen LogP contribution in [-0.2, 0) is 24.2 Å². The molecular formula is C35H48N4O6S. The lowest BCUT2D eigenvalue weighted by Crippen LogP contribution is -2.40. The van der Waals surface area contributed by atoms with Crippen molar-refractivity contribution >= 4 is 33.6 Å². The first-order valence-corrected chi connectivity index (χ1v) is 18.8. The van der Waals surface area contributed by atoms with Crippen molar-refractivity contribution < 1.29 is 27.5 Å². The molecule has 2 aromatic rings. The van der Waals surface area contributed by atoms with E-state index in [9.17, 15) is 18.0 Å². The van der Waals surface area contributed by atoms with Gasteiger partial charge >= 0.3 is 5.97 Å². The minimum absolute atomic E-state index is 0.0305. The number of benzene rings is 1. The maximum Gasteiger partial charge on any atom is 0.323 e. The summed E-state index contributed by atoms with van der Waals surface area (Å²) < 4.78 is 34.4. The van der Waals surface area contributed by atoms with Crippen molar-refractivity contribution in [3.8, 4) is 5.75 Å².